The second kappa shape index (κ2) is 12.9. The molecular weight excluding hydrogens is 514 g/mol. The summed E-state index contributed by atoms with van der Waals surface area (Å²) in [5.74, 6) is -2.74. The van der Waals surface area contributed by atoms with Gasteiger partial charge in [0, 0.05) is 19.3 Å². The molecule has 1 aliphatic carbocycles. The highest BCUT2D eigenvalue weighted by molar-refractivity contribution is 7.90. The van der Waals surface area contributed by atoms with E-state index in [2.05, 4.69) is 21.3 Å². The molecule has 1 heterocycles. The van der Waals surface area contributed by atoms with Gasteiger partial charge in [0.1, 0.15) is 21.9 Å². The minimum Gasteiger partial charge on any atom is -0.350 e. The Kier molecular flexibility index (Phi) is 10.7. The third kappa shape index (κ3) is 8.95. The summed E-state index contributed by atoms with van der Waals surface area (Å²) >= 11 is 0. The Hall–Kier alpha value is -2.70. The predicted octanol–water partition coefficient (Wildman–Crippen LogP) is 0.260. The molecule has 1 saturated heterocycles. The summed E-state index contributed by atoms with van der Waals surface area (Å²) in [5, 5.41) is 10.4. The third-order valence-corrected chi connectivity index (χ3v) is 8.05. The second-order valence-electron chi connectivity index (χ2n) is 11.5. The van der Waals surface area contributed by atoms with Gasteiger partial charge in [-0.15, -0.1) is 0 Å². The van der Waals surface area contributed by atoms with Crippen molar-refractivity contribution in [1.29, 1.82) is 0 Å². The number of likely N-dealkylation sites (tertiary alicyclic amines) is 1. The van der Waals surface area contributed by atoms with Crippen LogP contribution in [0.25, 0.3) is 0 Å². The van der Waals surface area contributed by atoms with Gasteiger partial charge in [-0.05, 0) is 38.0 Å². The van der Waals surface area contributed by atoms with Crippen molar-refractivity contribution in [3.05, 3.63) is 0 Å². The first-order chi connectivity index (χ1) is 17.6. The SMILES string of the molecule is CCNC(=O)C(=O)CNC(=O)[C@@H]1CCCN1C(=O)[C@@H](NC(=O)NC1(CS(C)(=O)=O)CCCCC1)C(C)(C)C. The number of carbonyl (C=O) groups excluding carboxylic acids is 5. The molecule has 5 amide bonds. The zero-order chi connectivity index (χ0) is 28.7. The fraction of sp³-hybridized carbons (Fsp3) is 0.800. The first-order valence-electron chi connectivity index (χ1n) is 13.2. The molecule has 2 atom stereocenters. The Labute approximate surface area is 225 Å². The molecule has 2 fully saturated rings. The highest BCUT2D eigenvalue weighted by atomic mass is 32.2. The second-order valence-corrected chi connectivity index (χ2v) is 13.6. The van der Waals surface area contributed by atoms with Crippen LogP contribution in [0.3, 0.4) is 0 Å². The Morgan fingerprint density at radius 3 is 2.18 bits per heavy atom. The largest absolute Gasteiger partial charge is 0.350 e. The molecule has 4 N–H and O–H groups in total. The monoisotopic (exact) mass is 557 g/mol. The number of nitrogens with zero attached hydrogens (tertiary/aromatic N) is 1. The summed E-state index contributed by atoms with van der Waals surface area (Å²) in [4.78, 5) is 64.6. The Morgan fingerprint density at radius 2 is 1.63 bits per heavy atom. The number of hydrogen-bond acceptors (Lipinski definition) is 7. The normalized spacial score (nSPS) is 20.2. The molecule has 0 aromatic rings. The van der Waals surface area contributed by atoms with E-state index < -0.39 is 69.0 Å². The van der Waals surface area contributed by atoms with Gasteiger partial charge in [-0.1, -0.05) is 40.0 Å². The van der Waals surface area contributed by atoms with Gasteiger partial charge in [0.15, 0.2) is 0 Å². The molecule has 0 spiro atoms. The minimum atomic E-state index is -3.36. The van der Waals surface area contributed by atoms with Crippen molar-refractivity contribution in [3.8, 4) is 0 Å². The van der Waals surface area contributed by atoms with E-state index in [0.29, 0.717) is 32.2 Å². The van der Waals surface area contributed by atoms with E-state index in [9.17, 15) is 32.4 Å². The molecule has 0 aromatic heterocycles. The van der Waals surface area contributed by atoms with Gasteiger partial charge in [0.05, 0.1) is 17.8 Å². The van der Waals surface area contributed by atoms with Crippen LogP contribution in [-0.4, -0.2) is 92.1 Å². The highest BCUT2D eigenvalue weighted by Crippen LogP contribution is 2.30. The summed E-state index contributed by atoms with van der Waals surface area (Å²) in [6.07, 6.45) is 5.71. The molecule has 1 aliphatic heterocycles. The molecule has 13 heteroatoms. The van der Waals surface area contributed by atoms with Crippen LogP contribution < -0.4 is 21.3 Å². The summed E-state index contributed by atoms with van der Waals surface area (Å²) in [7, 11) is -3.36. The van der Waals surface area contributed by atoms with E-state index in [-0.39, 0.29) is 12.3 Å². The van der Waals surface area contributed by atoms with E-state index in [4.69, 9.17) is 0 Å². The van der Waals surface area contributed by atoms with Crippen LogP contribution in [0.5, 0.6) is 0 Å². The van der Waals surface area contributed by atoms with Crippen molar-refractivity contribution in [2.75, 3.05) is 31.6 Å². The van der Waals surface area contributed by atoms with E-state index in [1.54, 1.807) is 27.7 Å². The molecule has 1 saturated carbocycles. The van der Waals surface area contributed by atoms with Crippen LogP contribution in [0.4, 0.5) is 4.79 Å². The number of carbonyl (C=O) groups is 5. The number of Topliss-reactive ketones (excluding diaryl/α,β-unsaturated/α-hetero) is 1. The summed E-state index contributed by atoms with van der Waals surface area (Å²) in [5.41, 5.74) is -1.61. The third-order valence-electron chi connectivity index (χ3n) is 6.97. The fourth-order valence-corrected chi connectivity index (χ4v) is 6.55. The van der Waals surface area contributed by atoms with Crippen LogP contribution in [-0.2, 0) is 29.0 Å². The van der Waals surface area contributed by atoms with Gasteiger partial charge in [-0.3, -0.25) is 19.2 Å². The molecule has 0 radical (unpaired) electrons. The predicted molar refractivity (Wildman–Crippen MR) is 142 cm³/mol. The van der Waals surface area contributed by atoms with E-state index in [1.807, 2.05) is 0 Å². The smallest absolute Gasteiger partial charge is 0.315 e. The van der Waals surface area contributed by atoms with Crippen molar-refractivity contribution in [2.45, 2.75) is 90.3 Å². The maximum atomic E-state index is 13.7. The minimum absolute atomic E-state index is 0.176. The number of likely N-dealkylation sites (N-methyl/N-ethyl adjacent to an activating group) is 1. The van der Waals surface area contributed by atoms with Gasteiger partial charge in [0.25, 0.3) is 5.91 Å². The first kappa shape index (κ1) is 31.5. The lowest BCUT2D eigenvalue weighted by Crippen LogP contribution is -2.63. The Morgan fingerprint density at radius 1 is 1.00 bits per heavy atom. The lowest BCUT2D eigenvalue weighted by Gasteiger charge is -2.39. The average Bonchev–Trinajstić information content (AvgIpc) is 3.29. The maximum absolute atomic E-state index is 13.7. The standard InChI is InChI=1S/C25H43N5O7S/c1-6-26-21(33)18(31)15-27-20(32)17-11-10-14-30(17)22(34)19(24(2,3)4)28-23(35)29-25(16-38(5,36)37)12-8-7-9-13-25/h17,19H,6-16H2,1-5H3,(H,26,33)(H,27,32)(H2,28,29,35)/t17-,19+/m0/s1. The van der Waals surface area contributed by atoms with Gasteiger partial charge in [-0.25, -0.2) is 13.2 Å². The van der Waals surface area contributed by atoms with Gasteiger partial charge < -0.3 is 26.2 Å². The van der Waals surface area contributed by atoms with Crippen molar-refractivity contribution in [1.82, 2.24) is 26.2 Å². The van der Waals surface area contributed by atoms with Crippen LogP contribution >= 0.6 is 0 Å². The molecule has 38 heavy (non-hydrogen) atoms. The fourth-order valence-electron chi connectivity index (χ4n) is 5.19. The number of sulfone groups is 1. The number of hydrogen-bond donors (Lipinski definition) is 4. The van der Waals surface area contributed by atoms with E-state index in [0.717, 1.165) is 25.5 Å². The van der Waals surface area contributed by atoms with Crippen molar-refractivity contribution >= 4 is 39.4 Å². The number of nitrogens with one attached hydrogen (secondary N) is 4. The number of urea groups is 1. The van der Waals surface area contributed by atoms with Crippen molar-refractivity contribution in [2.24, 2.45) is 5.41 Å². The van der Waals surface area contributed by atoms with Crippen LogP contribution in [0.2, 0.25) is 0 Å². The van der Waals surface area contributed by atoms with Crippen LogP contribution in [0.15, 0.2) is 0 Å². The molecule has 2 aliphatic rings. The Balaban J connectivity index is 2.13. The summed E-state index contributed by atoms with van der Waals surface area (Å²) < 4.78 is 24.2. The van der Waals surface area contributed by atoms with Gasteiger partial charge in [-0.2, -0.15) is 0 Å². The molecule has 0 bridgehead atoms. The van der Waals surface area contributed by atoms with Crippen molar-refractivity contribution in [3.63, 3.8) is 0 Å². The number of rotatable bonds is 10. The van der Waals surface area contributed by atoms with E-state index in [1.165, 1.54) is 4.90 Å². The zero-order valence-electron chi connectivity index (χ0n) is 23.1. The molecule has 12 nitrogen and oxygen atoms in total. The van der Waals surface area contributed by atoms with Crippen LogP contribution in [0, 0.1) is 5.41 Å². The highest BCUT2D eigenvalue weighted by Gasteiger charge is 2.43. The summed E-state index contributed by atoms with van der Waals surface area (Å²) in [6.45, 7) is 7.15. The number of ketones is 1. The lowest BCUT2D eigenvalue weighted by atomic mass is 9.83. The molecule has 0 aromatic carbocycles. The Bertz CT molecular complexity index is 1020. The lowest BCUT2D eigenvalue weighted by molar-refractivity contribution is -0.142. The molecule has 2 rings (SSSR count). The van der Waals surface area contributed by atoms with Crippen LogP contribution in [0.1, 0.15) is 72.6 Å². The quantitative estimate of drug-likeness (QED) is 0.279. The van der Waals surface area contributed by atoms with E-state index >= 15 is 0 Å². The maximum Gasteiger partial charge on any atom is 0.315 e. The number of amides is 5. The molecular formula is C25H43N5O7S. The topological polar surface area (TPSA) is 171 Å². The molecule has 0 unspecified atom stereocenters. The molecule has 216 valence electrons. The average molecular weight is 558 g/mol. The zero-order valence-corrected chi connectivity index (χ0v) is 24.0. The first-order valence-corrected chi connectivity index (χ1v) is 15.3. The summed E-state index contributed by atoms with van der Waals surface area (Å²) in [6, 6.07) is -2.46. The van der Waals surface area contributed by atoms with Gasteiger partial charge in [0.2, 0.25) is 17.6 Å². The van der Waals surface area contributed by atoms with Gasteiger partial charge >= 0.3 is 6.03 Å². The van der Waals surface area contributed by atoms with Crippen molar-refractivity contribution < 1.29 is 32.4 Å².